The van der Waals surface area contributed by atoms with Crippen molar-refractivity contribution in [3.63, 3.8) is 0 Å². The highest BCUT2D eigenvalue weighted by atomic mass is 35.5. The molecule has 1 aromatic rings. The molecule has 0 spiro atoms. The normalized spacial score (nSPS) is 21.1. The molecule has 1 fully saturated rings. The summed E-state index contributed by atoms with van der Waals surface area (Å²) in [6.07, 6.45) is 0.796. The molecule has 5 nitrogen and oxygen atoms in total. The molecule has 8 heteroatoms. The van der Waals surface area contributed by atoms with Crippen LogP contribution in [0.2, 0.25) is 5.02 Å². The van der Waals surface area contributed by atoms with Crippen molar-refractivity contribution in [3.8, 4) is 0 Å². The van der Waals surface area contributed by atoms with Gasteiger partial charge in [-0.1, -0.05) is 17.7 Å². The van der Waals surface area contributed by atoms with Gasteiger partial charge in [0, 0.05) is 29.0 Å². The lowest BCUT2D eigenvalue weighted by molar-refractivity contribution is -0.122. The van der Waals surface area contributed by atoms with Gasteiger partial charge in [0.05, 0.1) is 5.75 Å². The van der Waals surface area contributed by atoms with Gasteiger partial charge in [0.1, 0.15) is 5.82 Å². The molecule has 0 radical (unpaired) electrons. The van der Waals surface area contributed by atoms with Crippen LogP contribution in [0.4, 0.5) is 4.39 Å². The van der Waals surface area contributed by atoms with E-state index in [1.165, 1.54) is 12.1 Å². The van der Waals surface area contributed by atoms with Gasteiger partial charge in [-0.2, -0.15) is 0 Å². The lowest BCUT2D eigenvalue weighted by atomic mass is 10.1. The molecule has 21 heavy (non-hydrogen) atoms. The van der Waals surface area contributed by atoms with Crippen LogP contribution < -0.4 is 10.5 Å². The van der Waals surface area contributed by atoms with E-state index in [9.17, 15) is 17.6 Å². The number of rotatable bonds is 6. The van der Waals surface area contributed by atoms with E-state index in [4.69, 9.17) is 16.7 Å². The Morgan fingerprint density at radius 2 is 2.19 bits per heavy atom. The topological polar surface area (TPSA) is 89.3 Å². The third kappa shape index (κ3) is 4.39. The summed E-state index contributed by atoms with van der Waals surface area (Å²) in [4.78, 5) is 11.9. The summed E-state index contributed by atoms with van der Waals surface area (Å²) < 4.78 is 35.2. The Bertz CT molecular complexity index is 631. The van der Waals surface area contributed by atoms with Gasteiger partial charge >= 0.3 is 0 Å². The number of primary sulfonamides is 1. The fraction of sp³-hybridized carbons (Fsp3) is 0.462. The van der Waals surface area contributed by atoms with Crippen molar-refractivity contribution >= 4 is 27.5 Å². The first-order valence-corrected chi connectivity index (χ1v) is 8.61. The summed E-state index contributed by atoms with van der Waals surface area (Å²) in [7, 11) is -3.51. The molecule has 1 aromatic carbocycles. The van der Waals surface area contributed by atoms with Gasteiger partial charge in [0.2, 0.25) is 15.9 Å². The van der Waals surface area contributed by atoms with Gasteiger partial charge in [-0.3, -0.25) is 4.79 Å². The van der Waals surface area contributed by atoms with Crippen LogP contribution in [-0.2, 0) is 14.8 Å². The zero-order chi connectivity index (χ0) is 15.6. The van der Waals surface area contributed by atoms with Crippen LogP contribution in [0, 0.1) is 11.7 Å². The second-order valence-corrected chi connectivity index (χ2v) is 7.24. The SMILES string of the molecule is NS(=O)(=O)CCCNC(=O)[C@H]1C[C@H]1c1c(F)cccc1Cl. The van der Waals surface area contributed by atoms with E-state index in [0.717, 1.165) is 0 Å². The number of benzene rings is 1. The number of carbonyl (C=O) groups excluding carboxylic acids is 1. The van der Waals surface area contributed by atoms with Gasteiger partial charge in [-0.15, -0.1) is 0 Å². The Balaban J connectivity index is 1.84. The molecule has 0 saturated heterocycles. The van der Waals surface area contributed by atoms with Gasteiger partial charge in [-0.25, -0.2) is 17.9 Å². The predicted octanol–water partition coefficient (Wildman–Crippen LogP) is 1.38. The first kappa shape index (κ1) is 16.2. The summed E-state index contributed by atoms with van der Waals surface area (Å²) >= 11 is 5.96. The van der Waals surface area contributed by atoms with E-state index >= 15 is 0 Å². The molecule has 0 aromatic heterocycles. The molecule has 1 saturated carbocycles. The Morgan fingerprint density at radius 3 is 2.81 bits per heavy atom. The number of sulfonamides is 1. The first-order chi connectivity index (χ1) is 9.79. The summed E-state index contributed by atoms with van der Waals surface area (Å²) in [5.41, 5.74) is 0.379. The smallest absolute Gasteiger partial charge is 0.223 e. The average Bonchev–Trinajstić information content (AvgIpc) is 3.13. The molecular weight excluding hydrogens is 319 g/mol. The molecule has 1 aliphatic rings. The lowest BCUT2D eigenvalue weighted by Gasteiger charge is -2.06. The highest BCUT2D eigenvalue weighted by molar-refractivity contribution is 7.89. The largest absolute Gasteiger partial charge is 0.356 e. The Kier molecular flexibility index (Phi) is 4.85. The minimum absolute atomic E-state index is 0.180. The van der Waals surface area contributed by atoms with Crippen molar-refractivity contribution in [1.29, 1.82) is 0 Å². The van der Waals surface area contributed by atoms with Gasteiger partial charge < -0.3 is 5.32 Å². The summed E-state index contributed by atoms with van der Waals surface area (Å²) in [6, 6.07) is 4.44. The van der Waals surface area contributed by atoms with Crippen LogP contribution in [-0.4, -0.2) is 26.6 Å². The number of nitrogens with two attached hydrogens (primary N) is 1. The number of amides is 1. The van der Waals surface area contributed by atoms with Crippen LogP contribution in [0.15, 0.2) is 18.2 Å². The van der Waals surface area contributed by atoms with Crippen LogP contribution in [0.25, 0.3) is 0 Å². The molecule has 2 rings (SSSR count). The quantitative estimate of drug-likeness (QED) is 0.770. The Hall–Kier alpha value is -1.18. The standard InChI is InChI=1S/C13H16ClFN2O3S/c14-10-3-1-4-11(15)12(10)8-7-9(8)13(18)17-5-2-6-21(16,19)20/h1,3-4,8-9H,2,5-7H2,(H,17,18)(H2,16,19,20)/t8-,9+/m1/s1. The van der Waals surface area contributed by atoms with E-state index in [1.54, 1.807) is 6.07 Å². The van der Waals surface area contributed by atoms with Crippen LogP contribution in [0.1, 0.15) is 24.3 Å². The Labute approximate surface area is 127 Å². The van der Waals surface area contributed by atoms with Crippen LogP contribution >= 0.6 is 11.6 Å². The van der Waals surface area contributed by atoms with Crippen molar-refractivity contribution in [1.82, 2.24) is 5.32 Å². The number of halogens is 2. The Morgan fingerprint density at radius 1 is 1.48 bits per heavy atom. The molecular formula is C13H16ClFN2O3S. The van der Waals surface area contributed by atoms with Crippen molar-refractivity contribution in [2.24, 2.45) is 11.1 Å². The van der Waals surface area contributed by atoms with E-state index in [2.05, 4.69) is 5.32 Å². The highest BCUT2D eigenvalue weighted by Gasteiger charge is 2.46. The van der Waals surface area contributed by atoms with Gasteiger partial charge in [0.25, 0.3) is 0 Å². The predicted molar refractivity (Wildman–Crippen MR) is 77.9 cm³/mol. The van der Waals surface area contributed by atoms with Crippen molar-refractivity contribution in [3.05, 3.63) is 34.6 Å². The van der Waals surface area contributed by atoms with Crippen molar-refractivity contribution in [2.45, 2.75) is 18.8 Å². The van der Waals surface area contributed by atoms with Gasteiger partial charge in [-0.05, 0) is 25.0 Å². The highest BCUT2D eigenvalue weighted by Crippen LogP contribution is 2.50. The lowest BCUT2D eigenvalue weighted by Crippen LogP contribution is -2.28. The maximum Gasteiger partial charge on any atom is 0.223 e. The fourth-order valence-corrected chi connectivity index (χ4v) is 3.13. The second-order valence-electron chi connectivity index (χ2n) is 5.10. The fourth-order valence-electron chi connectivity index (χ4n) is 2.28. The maximum absolute atomic E-state index is 13.7. The van der Waals surface area contributed by atoms with E-state index in [1.807, 2.05) is 0 Å². The maximum atomic E-state index is 13.7. The number of hydrogen-bond acceptors (Lipinski definition) is 3. The second kappa shape index (κ2) is 6.29. The molecule has 2 atom stereocenters. The summed E-state index contributed by atoms with van der Waals surface area (Å²) in [6.45, 7) is 0.226. The molecule has 3 N–H and O–H groups in total. The summed E-state index contributed by atoms with van der Waals surface area (Å²) in [5.74, 6) is -1.32. The van der Waals surface area contributed by atoms with Crippen LogP contribution in [0.5, 0.6) is 0 Å². The number of carbonyl (C=O) groups is 1. The van der Waals surface area contributed by atoms with E-state index in [-0.39, 0.29) is 36.5 Å². The molecule has 1 aliphatic carbocycles. The molecule has 0 unspecified atom stereocenters. The third-order valence-corrected chi connectivity index (χ3v) is 4.59. The summed E-state index contributed by atoms with van der Waals surface area (Å²) in [5, 5.41) is 7.81. The minimum Gasteiger partial charge on any atom is -0.356 e. The van der Waals surface area contributed by atoms with Crippen molar-refractivity contribution in [2.75, 3.05) is 12.3 Å². The van der Waals surface area contributed by atoms with Crippen LogP contribution in [0.3, 0.4) is 0 Å². The van der Waals surface area contributed by atoms with E-state index in [0.29, 0.717) is 17.0 Å². The number of nitrogens with one attached hydrogen (secondary N) is 1. The van der Waals surface area contributed by atoms with E-state index < -0.39 is 15.8 Å². The molecule has 1 amide bonds. The zero-order valence-electron chi connectivity index (χ0n) is 11.2. The molecule has 116 valence electrons. The molecule has 0 aliphatic heterocycles. The number of hydrogen-bond donors (Lipinski definition) is 2. The average molecular weight is 335 g/mol. The monoisotopic (exact) mass is 334 g/mol. The van der Waals surface area contributed by atoms with Gasteiger partial charge in [0.15, 0.2) is 0 Å². The minimum atomic E-state index is -3.51. The zero-order valence-corrected chi connectivity index (χ0v) is 12.8. The molecule has 0 heterocycles. The first-order valence-electron chi connectivity index (χ1n) is 6.51. The molecule has 0 bridgehead atoms. The van der Waals surface area contributed by atoms with Crippen molar-refractivity contribution < 1.29 is 17.6 Å². The third-order valence-electron chi connectivity index (χ3n) is 3.40.